The van der Waals surface area contributed by atoms with Gasteiger partial charge in [0.05, 0.1) is 0 Å². The van der Waals surface area contributed by atoms with Crippen molar-refractivity contribution in [1.82, 2.24) is 10.3 Å². The minimum Gasteiger partial charge on any atom is -0.382 e. The van der Waals surface area contributed by atoms with Crippen LogP contribution in [0.3, 0.4) is 0 Å². The fourth-order valence-corrected chi connectivity index (χ4v) is 3.58. The molecule has 4 heteroatoms. The van der Waals surface area contributed by atoms with Gasteiger partial charge in [-0.05, 0) is 62.4 Å². The van der Waals surface area contributed by atoms with Crippen LogP contribution in [0.15, 0.2) is 47.4 Å². The third-order valence-electron chi connectivity index (χ3n) is 5.03. The largest absolute Gasteiger partial charge is 0.382 e. The molecule has 24 heavy (non-hydrogen) atoms. The van der Waals surface area contributed by atoms with E-state index < -0.39 is 0 Å². The third-order valence-corrected chi connectivity index (χ3v) is 5.03. The number of benzene rings is 1. The lowest BCUT2D eigenvalue weighted by Crippen LogP contribution is -2.35. The molecule has 2 aliphatic heterocycles. The van der Waals surface area contributed by atoms with Crippen molar-refractivity contribution in [3.05, 3.63) is 47.9 Å². The average molecular weight is 320 g/mol. The molecule has 1 aromatic carbocycles. The summed E-state index contributed by atoms with van der Waals surface area (Å²) in [5, 5.41) is 9.66. The molecule has 0 bridgehead atoms. The fraction of sp³-hybridized carbons (Fsp3) is 0.400. The Morgan fingerprint density at radius 1 is 1.21 bits per heavy atom. The molecule has 0 aliphatic carbocycles. The Balaban J connectivity index is 1.69. The van der Waals surface area contributed by atoms with E-state index in [-0.39, 0.29) is 0 Å². The Morgan fingerprint density at radius 2 is 2.08 bits per heavy atom. The summed E-state index contributed by atoms with van der Waals surface area (Å²) < 4.78 is 0. The monoisotopic (exact) mass is 320 g/mol. The molecule has 4 rings (SSSR count). The van der Waals surface area contributed by atoms with Gasteiger partial charge < -0.3 is 10.6 Å². The molecule has 0 saturated carbocycles. The number of piperidine rings is 1. The Morgan fingerprint density at radius 3 is 2.88 bits per heavy atom. The number of hydrogen-bond acceptors (Lipinski definition) is 4. The van der Waals surface area contributed by atoms with Crippen LogP contribution in [0.1, 0.15) is 37.7 Å². The van der Waals surface area contributed by atoms with Gasteiger partial charge >= 0.3 is 0 Å². The summed E-state index contributed by atoms with van der Waals surface area (Å²) in [6.45, 7) is 4.24. The summed E-state index contributed by atoms with van der Waals surface area (Å²) >= 11 is 0. The van der Waals surface area contributed by atoms with E-state index in [0.717, 1.165) is 25.2 Å². The Labute approximate surface area is 143 Å². The van der Waals surface area contributed by atoms with Crippen molar-refractivity contribution >= 4 is 22.7 Å². The second-order valence-electron chi connectivity index (χ2n) is 6.80. The molecule has 0 spiro atoms. The molecule has 0 radical (unpaired) electrons. The first-order chi connectivity index (χ1) is 11.8. The van der Waals surface area contributed by atoms with Gasteiger partial charge in [0.2, 0.25) is 0 Å². The summed E-state index contributed by atoms with van der Waals surface area (Å²) in [5.74, 6) is 0.361. The highest BCUT2D eigenvalue weighted by atomic mass is 15.0. The van der Waals surface area contributed by atoms with Crippen molar-refractivity contribution in [2.24, 2.45) is 4.99 Å². The molecule has 1 unspecified atom stereocenters. The van der Waals surface area contributed by atoms with Gasteiger partial charge in [0, 0.05) is 47.3 Å². The zero-order valence-electron chi connectivity index (χ0n) is 14.1. The topological polar surface area (TPSA) is 49.3 Å². The number of aromatic nitrogens is 1. The highest BCUT2D eigenvalue weighted by Crippen LogP contribution is 2.32. The summed E-state index contributed by atoms with van der Waals surface area (Å²) in [5.41, 5.74) is 3.66. The summed E-state index contributed by atoms with van der Waals surface area (Å²) in [7, 11) is 0. The Hall–Kier alpha value is -2.20. The van der Waals surface area contributed by atoms with Crippen LogP contribution in [0.4, 0.5) is 5.69 Å². The number of anilines is 1. The van der Waals surface area contributed by atoms with Gasteiger partial charge in [0.15, 0.2) is 0 Å². The Kier molecular flexibility index (Phi) is 4.30. The number of nitrogens with one attached hydrogen (secondary N) is 2. The molecule has 1 saturated heterocycles. The molecular formula is C20H24N4. The van der Waals surface area contributed by atoms with Crippen molar-refractivity contribution < 1.29 is 0 Å². The summed E-state index contributed by atoms with van der Waals surface area (Å²) in [6.07, 6.45) is 11.5. The van der Waals surface area contributed by atoms with Crippen molar-refractivity contribution in [3.8, 4) is 0 Å². The second-order valence-corrected chi connectivity index (χ2v) is 6.80. The van der Waals surface area contributed by atoms with Crippen molar-refractivity contribution in [2.45, 2.75) is 38.1 Å². The molecule has 1 atom stereocenters. The van der Waals surface area contributed by atoms with Crippen molar-refractivity contribution in [2.75, 3.05) is 18.4 Å². The number of pyridine rings is 1. The number of nitrogens with zero attached hydrogens (tertiary/aromatic N) is 2. The van der Waals surface area contributed by atoms with Crippen LogP contribution < -0.4 is 10.6 Å². The molecule has 0 amide bonds. The van der Waals surface area contributed by atoms with Gasteiger partial charge in [-0.25, -0.2) is 0 Å². The van der Waals surface area contributed by atoms with Crippen molar-refractivity contribution in [3.63, 3.8) is 0 Å². The van der Waals surface area contributed by atoms with E-state index in [1.165, 1.54) is 34.9 Å². The van der Waals surface area contributed by atoms with E-state index in [1.54, 1.807) is 0 Å². The number of allylic oxidation sites excluding steroid dienone is 2. The molecule has 1 fully saturated rings. The van der Waals surface area contributed by atoms with Crippen LogP contribution in [0.2, 0.25) is 0 Å². The average Bonchev–Trinajstić information content (AvgIpc) is 2.63. The van der Waals surface area contributed by atoms with Crippen molar-refractivity contribution in [1.29, 1.82) is 0 Å². The van der Waals surface area contributed by atoms with Gasteiger partial charge in [-0.2, -0.15) is 0 Å². The van der Waals surface area contributed by atoms with Crippen LogP contribution >= 0.6 is 0 Å². The Bertz CT molecular complexity index is 787. The lowest BCUT2D eigenvalue weighted by molar-refractivity contribution is 0.479. The first-order valence-corrected chi connectivity index (χ1v) is 8.85. The van der Waals surface area contributed by atoms with Crippen LogP contribution in [-0.2, 0) is 0 Å². The van der Waals surface area contributed by atoms with E-state index in [0.29, 0.717) is 12.0 Å². The molecular weight excluding hydrogens is 296 g/mol. The predicted octanol–water partition coefficient (Wildman–Crippen LogP) is 3.86. The molecule has 3 heterocycles. The van der Waals surface area contributed by atoms with Crippen LogP contribution in [0.5, 0.6) is 0 Å². The lowest BCUT2D eigenvalue weighted by Gasteiger charge is -2.26. The maximum Gasteiger partial charge on any atom is 0.0440 e. The third kappa shape index (κ3) is 3.20. The molecule has 4 nitrogen and oxygen atoms in total. The van der Waals surface area contributed by atoms with Crippen LogP contribution in [0.25, 0.3) is 10.8 Å². The minimum absolute atomic E-state index is 0.361. The minimum atomic E-state index is 0.361. The maximum atomic E-state index is 4.51. The van der Waals surface area contributed by atoms with Gasteiger partial charge in [-0.15, -0.1) is 0 Å². The van der Waals surface area contributed by atoms with E-state index in [9.17, 15) is 0 Å². The fourth-order valence-electron chi connectivity index (χ4n) is 3.58. The number of aliphatic imine (C=N–C) groups is 1. The quantitative estimate of drug-likeness (QED) is 0.903. The molecule has 124 valence electrons. The normalized spacial score (nSPS) is 21.7. The first kappa shape index (κ1) is 15.3. The number of fused-ring (bicyclic) bond motifs is 1. The van der Waals surface area contributed by atoms with Gasteiger partial charge in [0.25, 0.3) is 0 Å². The smallest absolute Gasteiger partial charge is 0.0440 e. The molecule has 2 aliphatic rings. The highest BCUT2D eigenvalue weighted by molar-refractivity contribution is 5.94. The number of hydrogen-bond donors (Lipinski definition) is 2. The molecule has 2 aromatic rings. The summed E-state index contributed by atoms with van der Waals surface area (Å²) in [4.78, 5) is 8.84. The predicted molar refractivity (Wildman–Crippen MR) is 101 cm³/mol. The molecule has 2 N–H and O–H groups in total. The standard InChI is InChI=1S/C20H24N4/c1-14-2-3-16(12-23-14)17-10-15-4-7-22-13-19(15)20(11-17)24-18-5-8-21-9-6-18/h2,4,7,10-13,16,18,21,24H,3,5-6,8-9H2,1H3. The van der Waals surface area contributed by atoms with E-state index in [4.69, 9.17) is 0 Å². The van der Waals surface area contributed by atoms with E-state index >= 15 is 0 Å². The van der Waals surface area contributed by atoms with Gasteiger partial charge in [-0.3, -0.25) is 9.98 Å². The summed E-state index contributed by atoms with van der Waals surface area (Å²) in [6, 6.07) is 7.23. The van der Waals surface area contributed by atoms with E-state index in [2.05, 4.69) is 58.0 Å². The SMILES string of the molecule is CC1=CCC(c2cc(NC3CCNCC3)c3cnccc3c2)C=N1. The van der Waals surface area contributed by atoms with Gasteiger partial charge in [0.1, 0.15) is 0 Å². The first-order valence-electron chi connectivity index (χ1n) is 8.85. The van der Waals surface area contributed by atoms with Gasteiger partial charge in [-0.1, -0.05) is 12.1 Å². The maximum absolute atomic E-state index is 4.51. The molecule has 1 aromatic heterocycles. The zero-order chi connectivity index (χ0) is 16.4. The zero-order valence-corrected chi connectivity index (χ0v) is 14.1. The lowest BCUT2D eigenvalue weighted by atomic mass is 9.92. The highest BCUT2D eigenvalue weighted by Gasteiger charge is 2.17. The van der Waals surface area contributed by atoms with E-state index in [1.807, 2.05) is 12.4 Å². The number of rotatable bonds is 3. The van der Waals surface area contributed by atoms with Crippen LogP contribution in [-0.4, -0.2) is 30.3 Å². The van der Waals surface area contributed by atoms with Crippen LogP contribution in [0, 0.1) is 0 Å². The second kappa shape index (κ2) is 6.73.